The van der Waals surface area contributed by atoms with Crippen LogP contribution in [0, 0.1) is 5.92 Å². The Hall–Kier alpha value is -0.240. The maximum Gasteiger partial charge on any atom is 0.222 e. The number of nitrogens with zero attached hydrogens (tertiary/aromatic N) is 1. The first-order chi connectivity index (χ1) is 8.81. The van der Waals surface area contributed by atoms with Crippen LogP contribution in [0.5, 0.6) is 0 Å². The minimum atomic E-state index is 0.383. The summed E-state index contributed by atoms with van der Waals surface area (Å²) >= 11 is 5.67. The molecule has 0 atom stereocenters. The molecule has 0 N–H and O–H groups in total. The van der Waals surface area contributed by atoms with Crippen molar-refractivity contribution in [2.45, 2.75) is 70.3 Å². The van der Waals surface area contributed by atoms with Crippen LogP contribution in [0.25, 0.3) is 0 Å². The number of alkyl halides is 1. The number of rotatable bonds is 7. The van der Waals surface area contributed by atoms with Gasteiger partial charge in [0.25, 0.3) is 0 Å². The Balaban J connectivity index is 1.77. The van der Waals surface area contributed by atoms with Crippen molar-refractivity contribution in [3.05, 3.63) is 0 Å². The predicted octanol–water partition coefficient (Wildman–Crippen LogP) is 3.97. The van der Waals surface area contributed by atoms with E-state index in [0.29, 0.717) is 24.2 Å². The van der Waals surface area contributed by atoms with Gasteiger partial charge < -0.3 is 4.90 Å². The molecule has 0 aromatic heterocycles. The van der Waals surface area contributed by atoms with Crippen LogP contribution in [-0.4, -0.2) is 29.3 Å². The minimum Gasteiger partial charge on any atom is -0.339 e. The molecule has 0 aliphatic heterocycles. The highest BCUT2D eigenvalue weighted by molar-refractivity contribution is 6.17. The summed E-state index contributed by atoms with van der Waals surface area (Å²) in [4.78, 5) is 14.5. The smallest absolute Gasteiger partial charge is 0.222 e. The zero-order chi connectivity index (χ0) is 12.8. The van der Waals surface area contributed by atoms with Gasteiger partial charge in [-0.2, -0.15) is 0 Å². The first-order valence-corrected chi connectivity index (χ1v) is 8.20. The summed E-state index contributed by atoms with van der Waals surface area (Å²) in [5, 5.41) is 0. The normalized spacial score (nSPS) is 20.9. The van der Waals surface area contributed by atoms with E-state index >= 15 is 0 Å². The zero-order valence-electron chi connectivity index (χ0n) is 11.4. The van der Waals surface area contributed by atoms with E-state index in [9.17, 15) is 4.79 Å². The van der Waals surface area contributed by atoms with Gasteiger partial charge in [-0.3, -0.25) is 4.79 Å². The number of unbranched alkanes of at least 4 members (excludes halogenated alkanes) is 1. The average Bonchev–Trinajstić information content (AvgIpc) is 3.21. The fourth-order valence-electron chi connectivity index (χ4n) is 3.00. The molecule has 2 aliphatic rings. The molecule has 3 heteroatoms. The molecule has 2 fully saturated rings. The van der Waals surface area contributed by atoms with Crippen LogP contribution < -0.4 is 0 Å². The maximum atomic E-state index is 12.3. The molecule has 0 radical (unpaired) electrons. The van der Waals surface area contributed by atoms with E-state index in [0.717, 1.165) is 25.3 Å². The van der Waals surface area contributed by atoms with E-state index < -0.39 is 0 Å². The SMILES string of the molecule is O=C(CCCCCl)N(CC1CCCCC1)C1CC1. The van der Waals surface area contributed by atoms with E-state index in [1.807, 2.05) is 0 Å². The second-order valence-corrected chi connectivity index (χ2v) is 6.31. The summed E-state index contributed by atoms with van der Waals surface area (Å²) in [5.74, 6) is 1.84. The van der Waals surface area contributed by atoms with Gasteiger partial charge in [-0.15, -0.1) is 11.6 Å². The van der Waals surface area contributed by atoms with Crippen LogP contribution in [-0.2, 0) is 4.79 Å². The van der Waals surface area contributed by atoms with E-state index in [-0.39, 0.29) is 0 Å². The third-order valence-electron chi connectivity index (χ3n) is 4.26. The Labute approximate surface area is 116 Å². The van der Waals surface area contributed by atoms with Gasteiger partial charge in [0, 0.05) is 24.9 Å². The molecule has 0 aromatic carbocycles. The van der Waals surface area contributed by atoms with Crippen molar-refractivity contribution in [2.75, 3.05) is 12.4 Å². The van der Waals surface area contributed by atoms with Gasteiger partial charge >= 0.3 is 0 Å². The number of carbonyl (C=O) groups is 1. The second kappa shape index (κ2) is 7.37. The van der Waals surface area contributed by atoms with Crippen molar-refractivity contribution in [1.29, 1.82) is 0 Å². The summed E-state index contributed by atoms with van der Waals surface area (Å²) < 4.78 is 0. The first-order valence-electron chi connectivity index (χ1n) is 7.66. The molecule has 0 unspecified atom stereocenters. The lowest BCUT2D eigenvalue weighted by molar-refractivity contribution is -0.132. The fraction of sp³-hybridized carbons (Fsp3) is 0.933. The molecule has 0 bridgehead atoms. The van der Waals surface area contributed by atoms with Gasteiger partial charge in [0.05, 0.1) is 0 Å². The lowest BCUT2D eigenvalue weighted by atomic mass is 9.89. The van der Waals surface area contributed by atoms with Crippen molar-refractivity contribution < 1.29 is 4.79 Å². The number of amides is 1. The average molecular weight is 272 g/mol. The van der Waals surface area contributed by atoms with Crippen LogP contribution >= 0.6 is 11.6 Å². The van der Waals surface area contributed by atoms with Gasteiger partial charge in [0.15, 0.2) is 0 Å². The van der Waals surface area contributed by atoms with E-state index in [1.165, 1.54) is 44.9 Å². The topological polar surface area (TPSA) is 20.3 Å². The van der Waals surface area contributed by atoms with Gasteiger partial charge in [0.2, 0.25) is 5.91 Å². The van der Waals surface area contributed by atoms with E-state index in [4.69, 9.17) is 11.6 Å². The van der Waals surface area contributed by atoms with Crippen LogP contribution in [0.15, 0.2) is 0 Å². The predicted molar refractivity (Wildman–Crippen MR) is 75.9 cm³/mol. The van der Waals surface area contributed by atoms with Gasteiger partial charge in [-0.25, -0.2) is 0 Å². The van der Waals surface area contributed by atoms with Gasteiger partial charge in [-0.1, -0.05) is 19.3 Å². The number of hydrogen-bond acceptors (Lipinski definition) is 1. The minimum absolute atomic E-state index is 0.383. The molecule has 0 saturated heterocycles. The van der Waals surface area contributed by atoms with Crippen LogP contribution in [0.3, 0.4) is 0 Å². The highest BCUT2D eigenvalue weighted by Crippen LogP contribution is 2.31. The molecule has 0 heterocycles. The second-order valence-electron chi connectivity index (χ2n) is 5.93. The Morgan fingerprint density at radius 3 is 2.39 bits per heavy atom. The third kappa shape index (κ3) is 4.46. The van der Waals surface area contributed by atoms with Crippen molar-refractivity contribution in [1.82, 2.24) is 4.90 Å². The number of halogens is 1. The largest absolute Gasteiger partial charge is 0.339 e. The molecule has 2 nitrogen and oxygen atoms in total. The highest BCUT2D eigenvalue weighted by Gasteiger charge is 2.33. The van der Waals surface area contributed by atoms with Crippen LogP contribution in [0.4, 0.5) is 0 Å². The lowest BCUT2D eigenvalue weighted by Gasteiger charge is -2.30. The summed E-state index contributed by atoms with van der Waals surface area (Å²) in [6.07, 6.45) is 11.9. The van der Waals surface area contributed by atoms with Crippen molar-refractivity contribution in [2.24, 2.45) is 5.92 Å². The Morgan fingerprint density at radius 1 is 1.06 bits per heavy atom. The van der Waals surface area contributed by atoms with Gasteiger partial charge in [0.1, 0.15) is 0 Å². The summed E-state index contributed by atoms with van der Waals surface area (Å²) in [6.45, 7) is 1.03. The maximum absolute atomic E-state index is 12.3. The standard InChI is InChI=1S/C15H26ClNO/c16-11-5-4-8-15(18)17(14-9-10-14)12-13-6-2-1-3-7-13/h13-14H,1-12H2. The third-order valence-corrected chi connectivity index (χ3v) is 4.53. The first kappa shape index (κ1) is 14.2. The number of carbonyl (C=O) groups excluding carboxylic acids is 1. The lowest BCUT2D eigenvalue weighted by Crippen LogP contribution is -2.37. The van der Waals surface area contributed by atoms with Gasteiger partial charge in [-0.05, 0) is 44.4 Å². The zero-order valence-corrected chi connectivity index (χ0v) is 12.1. The fourth-order valence-corrected chi connectivity index (χ4v) is 3.19. The highest BCUT2D eigenvalue weighted by atomic mass is 35.5. The molecule has 2 saturated carbocycles. The van der Waals surface area contributed by atoms with Crippen molar-refractivity contribution in [3.8, 4) is 0 Å². The molecule has 104 valence electrons. The summed E-state index contributed by atoms with van der Waals surface area (Å²) in [7, 11) is 0. The molecule has 0 aromatic rings. The quantitative estimate of drug-likeness (QED) is 0.507. The molecule has 1 amide bonds. The van der Waals surface area contributed by atoms with E-state index in [2.05, 4.69) is 4.90 Å². The Morgan fingerprint density at radius 2 is 1.78 bits per heavy atom. The van der Waals surface area contributed by atoms with E-state index in [1.54, 1.807) is 0 Å². The summed E-state index contributed by atoms with van der Waals surface area (Å²) in [5.41, 5.74) is 0. The van der Waals surface area contributed by atoms with Crippen LogP contribution in [0.2, 0.25) is 0 Å². The molecule has 2 aliphatic carbocycles. The molecule has 18 heavy (non-hydrogen) atoms. The summed E-state index contributed by atoms with van der Waals surface area (Å²) in [6, 6.07) is 0.579. The molecule has 2 rings (SSSR count). The number of hydrogen-bond donors (Lipinski definition) is 0. The Kier molecular flexibility index (Phi) is 5.81. The van der Waals surface area contributed by atoms with Crippen LogP contribution in [0.1, 0.15) is 64.2 Å². The molecular formula is C15H26ClNO. The molecule has 0 spiro atoms. The van der Waals surface area contributed by atoms with Crippen molar-refractivity contribution >= 4 is 17.5 Å². The molecular weight excluding hydrogens is 246 g/mol. The monoisotopic (exact) mass is 271 g/mol. The van der Waals surface area contributed by atoms with Crippen molar-refractivity contribution in [3.63, 3.8) is 0 Å². The Bertz CT molecular complexity index is 259.